The summed E-state index contributed by atoms with van der Waals surface area (Å²) in [7, 11) is 3.13. The Morgan fingerprint density at radius 3 is 2.59 bits per heavy atom. The van der Waals surface area contributed by atoms with Crippen molar-refractivity contribution in [3.8, 4) is 0 Å². The van der Waals surface area contributed by atoms with E-state index in [2.05, 4.69) is 29.8 Å². The first-order chi connectivity index (χ1) is 13.6. The molecule has 0 bridgehead atoms. The minimum atomic E-state index is -0.389. The molecule has 0 N–H and O–H groups in total. The summed E-state index contributed by atoms with van der Waals surface area (Å²) < 4.78 is 10.8. The van der Waals surface area contributed by atoms with Gasteiger partial charge in [-0.3, -0.25) is 13.9 Å². The van der Waals surface area contributed by atoms with Crippen molar-refractivity contribution in [3.05, 3.63) is 55.1 Å². The molecule has 0 radical (unpaired) electrons. The highest BCUT2D eigenvalue weighted by molar-refractivity contribution is 9.10. The summed E-state index contributed by atoms with van der Waals surface area (Å²) in [5.74, 6) is 0. The van der Waals surface area contributed by atoms with Gasteiger partial charge in [0.2, 0.25) is 0 Å². The second kappa shape index (κ2) is 8.49. The minimum Gasteiger partial charge on any atom is -0.380 e. The molecular weight excluding hydrogens is 456 g/mol. The Bertz CT molecular complexity index is 1160. The summed E-state index contributed by atoms with van der Waals surface area (Å²) in [6.07, 6.45) is 0. The van der Waals surface area contributed by atoms with Crippen molar-refractivity contribution in [2.75, 3.05) is 13.2 Å². The van der Waals surface area contributed by atoms with Crippen LogP contribution in [0.1, 0.15) is 26.3 Å². The molecule has 0 saturated heterocycles. The Hall–Kier alpha value is -1.84. The molecule has 0 fully saturated rings. The van der Waals surface area contributed by atoms with E-state index in [1.807, 2.05) is 35.8 Å². The predicted molar refractivity (Wildman–Crippen MR) is 120 cm³/mol. The molecule has 29 heavy (non-hydrogen) atoms. The maximum Gasteiger partial charge on any atom is 0.332 e. The smallest absolute Gasteiger partial charge is 0.332 e. The molecule has 3 aromatic rings. The third-order valence-electron chi connectivity index (χ3n) is 4.56. The lowest BCUT2D eigenvalue weighted by Gasteiger charge is -2.23. The van der Waals surface area contributed by atoms with Crippen molar-refractivity contribution >= 4 is 38.9 Å². The Morgan fingerprint density at radius 1 is 1.21 bits per heavy atom. The third kappa shape index (κ3) is 4.51. The number of halogens is 1. The quantitative estimate of drug-likeness (QED) is 0.485. The topological polar surface area (TPSA) is 71.1 Å². The number of aryl methyl sites for hydroxylation is 1. The fraction of sp³-hybridized carbons (Fsp3) is 0.450. The number of ether oxygens (including phenoxy) is 1. The van der Waals surface area contributed by atoms with Crippen molar-refractivity contribution in [2.24, 2.45) is 14.1 Å². The zero-order valence-electron chi connectivity index (χ0n) is 17.2. The van der Waals surface area contributed by atoms with Crippen molar-refractivity contribution in [2.45, 2.75) is 37.2 Å². The normalized spacial score (nSPS) is 12.1. The lowest BCUT2D eigenvalue weighted by molar-refractivity contribution is 0.132. The van der Waals surface area contributed by atoms with Gasteiger partial charge in [0, 0.05) is 29.9 Å². The molecule has 0 atom stereocenters. The highest BCUT2D eigenvalue weighted by Crippen LogP contribution is 2.34. The number of imidazole rings is 1. The molecule has 1 aromatic carbocycles. The zero-order chi connectivity index (χ0) is 21.3. The maximum atomic E-state index is 13.0. The number of aromatic nitrogens is 4. The molecule has 0 saturated carbocycles. The van der Waals surface area contributed by atoms with E-state index in [4.69, 9.17) is 9.72 Å². The Kier molecular flexibility index (Phi) is 6.40. The molecule has 0 aliphatic carbocycles. The van der Waals surface area contributed by atoms with Crippen LogP contribution in [0.3, 0.4) is 0 Å². The summed E-state index contributed by atoms with van der Waals surface area (Å²) in [5, 5.41) is 0.683. The fourth-order valence-corrected chi connectivity index (χ4v) is 4.57. The summed E-state index contributed by atoms with van der Waals surface area (Å²) in [6.45, 7) is 7.76. The van der Waals surface area contributed by atoms with E-state index in [9.17, 15) is 9.59 Å². The van der Waals surface area contributed by atoms with Gasteiger partial charge in [0.05, 0.1) is 13.2 Å². The Morgan fingerprint density at radius 2 is 1.93 bits per heavy atom. The van der Waals surface area contributed by atoms with Gasteiger partial charge in [0.25, 0.3) is 5.56 Å². The van der Waals surface area contributed by atoms with E-state index in [0.29, 0.717) is 36.1 Å². The van der Waals surface area contributed by atoms with Crippen LogP contribution in [0, 0.1) is 0 Å². The number of benzene rings is 1. The molecule has 0 aliphatic heterocycles. The second-order valence-corrected chi connectivity index (χ2v) is 10.1. The van der Waals surface area contributed by atoms with Gasteiger partial charge < -0.3 is 9.30 Å². The van der Waals surface area contributed by atoms with E-state index in [1.165, 1.54) is 11.6 Å². The van der Waals surface area contributed by atoms with E-state index in [0.717, 1.165) is 14.6 Å². The summed E-state index contributed by atoms with van der Waals surface area (Å²) in [6, 6.07) is 7.93. The van der Waals surface area contributed by atoms with Gasteiger partial charge in [-0.15, -0.1) is 0 Å². The van der Waals surface area contributed by atoms with Gasteiger partial charge in [-0.25, -0.2) is 9.78 Å². The van der Waals surface area contributed by atoms with Gasteiger partial charge >= 0.3 is 5.69 Å². The average Bonchev–Trinajstić information content (AvgIpc) is 3.00. The number of fused-ring (bicyclic) bond motifs is 1. The van der Waals surface area contributed by atoms with Crippen LogP contribution in [0.2, 0.25) is 0 Å². The highest BCUT2D eigenvalue weighted by atomic mass is 79.9. The molecule has 7 nitrogen and oxygen atoms in total. The van der Waals surface area contributed by atoms with Gasteiger partial charge in [-0.2, -0.15) is 0 Å². The molecule has 9 heteroatoms. The second-order valence-electron chi connectivity index (χ2n) is 7.49. The lowest BCUT2D eigenvalue weighted by atomic mass is 10.2. The molecule has 3 rings (SSSR count). The van der Waals surface area contributed by atoms with Crippen molar-refractivity contribution < 1.29 is 4.74 Å². The highest BCUT2D eigenvalue weighted by Gasteiger charge is 2.26. The minimum absolute atomic E-state index is 0.253. The SMILES string of the molecule is CCOCC(C)(C)Sc1nc2c(c(=O)n(C)c(=O)n2C)n1Cc1cccc(Br)c1. The summed E-state index contributed by atoms with van der Waals surface area (Å²) in [4.78, 5) is 30.1. The molecule has 0 unspecified atom stereocenters. The number of rotatable bonds is 7. The number of hydrogen-bond acceptors (Lipinski definition) is 5. The van der Waals surface area contributed by atoms with Crippen LogP contribution >= 0.6 is 27.7 Å². The van der Waals surface area contributed by atoms with E-state index in [1.54, 1.807) is 18.8 Å². The van der Waals surface area contributed by atoms with Gasteiger partial charge in [0.1, 0.15) is 0 Å². The Labute approximate surface area is 181 Å². The average molecular weight is 481 g/mol. The van der Waals surface area contributed by atoms with E-state index >= 15 is 0 Å². The molecular formula is C20H25BrN4O3S. The van der Waals surface area contributed by atoms with Crippen molar-refractivity contribution in [1.82, 2.24) is 18.7 Å². The van der Waals surface area contributed by atoms with Crippen LogP contribution in [0.25, 0.3) is 11.2 Å². The van der Waals surface area contributed by atoms with Crippen LogP contribution in [-0.2, 0) is 25.4 Å². The van der Waals surface area contributed by atoms with Crippen LogP contribution in [0.15, 0.2) is 43.5 Å². The first-order valence-corrected chi connectivity index (χ1v) is 10.9. The summed E-state index contributed by atoms with van der Waals surface area (Å²) >= 11 is 5.04. The van der Waals surface area contributed by atoms with Crippen LogP contribution < -0.4 is 11.2 Å². The number of nitrogens with zero attached hydrogens (tertiary/aromatic N) is 4. The molecule has 0 amide bonds. The van der Waals surface area contributed by atoms with E-state index in [-0.39, 0.29) is 16.0 Å². The van der Waals surface area contributed by atoms with Gasteiger partial charge in [-0.05, 0) is 38.5 Å². The van der Waals surface area contributed by atoms with Crippen molar-refractivity contribution in [1.29, 1.82) is 0 Å². The fourth-order valence-electron chi connectivity index (χ4n) is 3.09. The molecule has 156 valence electrons. The van der Waals surface area contributed by atoms with Crippen molar-refractivity contribution in [3.63, 3.8) is 0 Å². The maximum absolute atomic E-state index is 13.0. The number of thioether (sulfide) groups is 1. The van der Waals surface area contributed by atoms with E-state index < -0.39 is 0 Å². The first kappa shape index (κ1) is 21.9. The monoisotopic (exact) mass is 480 g/mol. The number of hydrogen-bond donors (Lipinski definition) is 0. The standard InChI is InChI=1S/C20H25BrN4O3S/c1-6-28-12-20(2,3)29-18-22-16-15(17(26)24(5)19(27)23(16)4)25(18)11-13-8-7-9-14(21)10-13/h7-10H,6,11-12H2,1-5H3. The Balaban J connectivity index is 2.21. The largest absolute Gasteiger partial charge is 0.380 e. The van der Waals surface area contributed by atoms with Crippen LogP contribution in [0.4, 0.5) is 0 Å². The lowest BCUT2D eigenvalue weighted by Crippen LogP contribution is -2.37. The molecule has 2 heterocycles. The predicted octanol–water partition coefficient (Wildman–Crippen LogP) is 3.15. The molecule has 2 aromatic heterocycles. The first-order valence-electron chi connectivity index (χ1n) is 9.32. The third-order valence-corrected chi connectivity index (χ3v) is 6.22. The zero-order valence-corrected chi connectivity index (χ0v) is 19.6. The molecule has 0 spiro atoms. The van der Waals surface area contributed by atoms with Gasteiger partial charge in [-0.1, -0.05) is 39.8 Å². The molecule has 0 aliphatic rings. The van der Waals surface area contributed by atoms with Crippen LogP contribution in [0.5, 0.6) is 0 Å². The van der Waals surface area contributed by atoms with Crippen LogP contribution in [-0.4, -0.2) is 36.6 Å². The summed E-state index contributed by atoms with van der Waals surface area (Å²) in [5.41, 5.74) is 1.10. The van der Waals surface area contributed by atoms with Gasteiger partial charge in [0.15, 0.2) is 16.3 Å².